The highest BCUT2D eigenvalue weighted by Gasteiger charge is 2.23. The molecule has 0 radical (unpaired) electrons. The van der Waals surface area contributed by atoms with E-state index in [1.165, 1.54) is 19.2 Å². The fourth-order valence-electron chi connectivity index (χ4n) is 3.59. The number of nitrogens with one attached hydrogen (secondary N) is 1. The Morgan fingerprint density at radius 3 is 2.44 bits per heavy atom. The summed E-state index contributed by atoms with van der Waals surface area (Å²) in [6.45, 7) is 4.83. The molecule has 0 aromatic heterocycles. The van der Waals surface area contributed by atoms with Gasteiger partial charge in [0.2, 0.25) is 0 Å². The average molecular weight is 374 g/mol. The van der Waals surface area contributed by atoms with Crippen molar-refractivity contribution in [2.45, 2.75) is 25.8 Å². The van der Waals surface area contributed by atoms with Crippen molar-refractivity contribution < 1.29 is 18.3 Å². The topological polar surface area (TPSA) is 41.6 Å². The smallest absolute Gasteiger partial charge is 0.251 e. The number of nitrogens with zero attached hydrogens (tertiary/aromatic N) is 1. The summed E-state index contributed by atoms with van der Waals surface area (Å²) in [5.74, 6) is -2.06. The van der Waals surface area contributed by atoms with Gasteiger partial charge >= 0.3 is 0 Å². The van der Waals surface area contributed by atoms with E-state index in [1.54, 1.807) is 24.3 Å². The summed E-state index contributed by atoms with van der Waals surface area (Å²) in [5.41, 5.74) is 1.54. The number of rotatable bonds is 6. The molecule has 1 saturated heterocycles. The van der Waals surface area contributed by atoms with Gasteiger partial charge in [0.1, 0.15) is 0 Å². The van der Waals surface area contributed by atoms with Crippen molar-refractivity contribution in [3.05, 3.63) is 53.6 Å². The third-order valence-electron chi connectivity index (χ3n) is 5.09. The van der Waals surface area contributed by atoms with Crippen LogP contribution in [0.3, 0.4) is 0 Å². The van der Waals surface area contributed by atoms with Crippen LogP contribution in [-0.4, -0.2) is 43.6 Å². The summed E-state index contributed by atoms with van der Waals surface area (Å²) < 4.78 is 32.5. The third kappa shape index (κ3) is 4.27. The molecule has 0 bridgehead atoms. The van der Waals surface area contributed by atoms with E-state index in [4.69, 9.17) is 4.74 Å². The van der Waals surface area contributed by atoms with Gasteiger partial charge < -0.3 is 10.1 Å². The molecular formula is C21H24F2N2O2. The van der Waals surface area contributed by atoms with Gasteiger partial charge in [-0.1, -0.05) is 19.1 Å². The van der Waals surface area contributed by atoms with E-state index in [0.29, 0.717) is 29.3 Å². The highest BCUT2D eigenvalue weighted by Crippen LogP contribution is 2.29. The summed E-state index contributed by atoms with van der Waals surface area (Å²) in [5, 5.41) is 2.98. The molecule has 27 heavy (non-hydrogen) atoms. The van der Waals surface area contributed by atoms with Crippen molar-refractivity contribution in [3.8, 4) is 16.9 Å². The number of benzene rings is 2. The molecule has 0 spiro atoms. The molecule has 0 saturated carbocycles. The minimum Gasteiger partial charge on any atom is -0.491 e. The molecular weight excluding hydrogens is 350 g/mol. The van der Waals surface area contributed by atoms with Crippen LogP contribution < -0.4 is 10.1 Å². The zero-order valence-electron chi connectivity index (χ0n) is 15.6. The lowest BCUT2D eigenvalue weighted by Crippen LogP contribution is -2.40. The van der Waals surface area contributed by atoms with Crippen LogP contribution in [0.25, 0.3) is 11.1 Å². The van der Waals surface area contributed by atoms with E-state index in [1.807, 2.05) is 0 Å². The number of likely N-dealkylation sites (tertiary alicyclic amines) is 1. The molecule has 1 amide bonds. The fraction of sp³-hybridized carbons (Fsp3) is 0.381. The second kappa shape index (κ2) is 8.48. The number of hydrogen-bond acceptors (Lipinski definition) is 3. The molecule has 6 heteroatoms. The summed E-state index contributed by atoms with van der Waals surface area (Å²) >= 11 is 0. The van der Waals surface area contributed by atoms with Crippen molar-refractivity contribution >= 4 is 5.91 Å². The van der Waals surface area contributed by atoms with E-state index in [0.717, 1.165) is 25.9 Å². The van der Waals surface area contributed by atoms with E-state index < -0.39 is 17.4 Å². The average Bonchev–Trinajstić information content (AvgIpc) is 3.13. The van der Waals surface area contributed by atoms with E-state index in [9.17, 15) is 13.6 Å². The van der Waals surface area contributed by atoms with Crippen molar-refractivity contribution in [1.29, 1.82) is 0 Å². The zero-order valence-corrected chi connectivity index (χ0v) is 15.6. The zero-order chi connectivity index (χ0) is 19.4. The van der Waals surface area contributed by atoms with Gasteiger partial charge in [-0.05, 0) is 61.3 Å². The standard InChI is InChI=1S/C21H24F2N2O2/c1-3-25-10-4-5-17(25)13-24-21(26)15-8-6-14(7-9-15)16-11-18(22)20(27-2)19(23)12-16/h6-9,11-12,17H,3-5,10,13H2,1-2H3,(H,24,26)/t17-/m1/s1. The van der Waals surface area contributed by atoms with Gasteiger partial charge in [0.05, 0.1) is 7.11 Å². The quantitative estimate of drug-likeness (QED) is 0.835. The third-order valence-corrected chi connectivity index (χ3v) is 5.09. The van der Waals surface area contributed by atoms with Crippen LogP contribution in [0.1, 0.15) is 30.1 Å². The summed E-state index contributed by atoms with van der Waals surface area (Å²) in [6.07, 6.45) is 2.26. The molecule has 1 fully saturated rings. The predicted molar refractivity (Wildman–Crippen MR) is 101 cm³/mol. The molecule has 1 N–H and O–H groups in total. The van der Waals surface area contributed by atoms with Gasteiger partial charge in [-0.15, -0.1) is 0 Å². The lowest BCUT2D eigenvalue weighted by Gasteiger charge is -2.22. The number of likely N-dealkylation sites (N-methyl/N-ethyl adjacent to an activating group) is 1. The minimum atomic E-state index is -0.758. The maximum Gasteiger partial charge on any atom is 0.251 e. The first-order chi connectivity index (χ1) is 13.0. The highest BCUT2D eigenvalue weighted by molar-refractivity contribution is 5.94. The number of hydrogen-bond donors (Lipinski definition) is 1. The first kappa shape index (κ1) is 19.3. The van der Waals surface area contributed by atoms with Crippen molar-refractivity contribution in [1.82, 2.24) is 10.2 Å². The normalized spacial score (nSPS) is 17.1. The van der Waals surface area contributed by atoms with Crippen LogP contribution in [0, 0.1) is 11.6 Å². The van der Waals surface area contributed by atoms with E-state index in [2.05, 4.69) is 17.1 Å². The number of amides is 1. The molecule has 4 nitrogen and oxygen atoms in total. The highest BCUT2D eigenvalue weighted by atomic mass is 19.1. The van der Waals surface area contributed by atoms with Crippen molar-refractivity contribution in [2.24, 2.45) is 0 Å². The molecule has 2 aromatic rings. The Labute approximate surface area is 158 Å². The molecule has 1 heterocycles. The maximum atomic E-state index is 13.9. The fourth-order valence-corrected chi connectivity index (χ4v) is 3.59. The van der Waals surface area contributed by atoms with E-state index >= 15 is 0 Å². The van der Waals surface area contributed by atoms with Gasteiger partial charge in [-0.25, -0.2) is 8.78 Å². The van der Waals surface area contributed by atoms with Gasteiger partial charge in [-0.2, -0.15) is 0 Å². The first-order valence-corrected chi connectivity index (χ1v) is 9.19. The molecule has 1 atom stereocenters. The van der Waals surface area contributed by atoms with Gasteiger partial charge in [0.15, 0.2) is 17.4 Å². The Morgan fingerprint density at radius 2 is 1.85 bits per heavy atom. The Balaban J connectivity index is 1.67. The van der Waals surface area contributed by atoms with Crippen LogP contribution in [0.2, 0.25) is 0 Å². The van der Waals surface area contributed by atoms with Crippen LogP contribution >= 0.6 is 0 Å². The SMILES string of the molecule is CCN1CCC[C@@H]1CNC(=O)c1ccc(-c2cc(F)c(OC)c(F)c2)cc1. The Morgan fingerprint density at radius 1 is 1.19 bits per heavy atom. The lowest BCUT2D eigenvalue weighted by molar-refractivity contribution is 0.0941. The Bertz CT molecular complexity index is 785. The number of methoxy groups -OCH3 is 1. The number of carbonyl (C=O) groups is 1. The van der Waals surface area contributed by atoms with Crippen LogP contribution in [-0.2, 0) is 0 Å². The molecule has 1 aliphatic rings. The van der Waals surface area contributed by atoms with Crippen molar-refractivity contribution in [3.63, 3.8) is 0 Å². The lowest BCUT2D eigenvalue weighted by atomic mass is 10.0. The number of ether oxygens (including phenoxy) is 1. The van der Waals surface area contributed by atoms with Gasteiger partial charge in [0, 0.05) is 18.2 Å². The van der Waals surface area contributed by atoms with Crippen LogP contribution in [0.5, 0.6) is 5.75 Å². The second-order valence-electron chi connectivity index (χ2n) is 6.69. The predicted octanol–water partition coefficient (Wildman–Crippen LogP) is 3.85. The summed E-state index contributed by atoms with van der Waals surface area (Å²) in [6, 6.07) is 9.52. The molecule has 0 aliphatic carbocycles. The Hall–Kier alpha value is -2.47. The molecule has 144 valence electrons. The molecule has 3 rings (SSSR count). The maximum absolute atomic E-state index is 13.9. The van der Waals surface area contributed by atoms with Gasteiger partial charge in [-0.3, -0.25) is 9.69 Å². The molecule has 2 aromatic carbocycles. The summed E-state index contributed by atoms with van der Waals surface area (Å²) in [4.78, 5) is 14.7. The largest absolute Gasteiger partial charge is 0.491 e. The van der Waals surface area contributed by atoms with E-state index in [-0.39, 0.29) is 5.91 Å². The summed E-state index contributed by atoms with van der Waals surface area (Å²) in [7, 11) is 1.22. The van der Waals surface area contributed by atoms with Crippen LogP contribution in [0.4, 0.5) is 8.78 Å². The monoisotopic (exact) mass is 374 g/mol. The first-order valence-electron chi connectivity index (χ1n) is 9.19. The minimum absolute atomic E-state index is 0.142. The molecule has 0 unspecified atom stereocenters. The van der Waals surface area contributed by atoms with Gasteiger partial charge in [0.25, 0.3) is 5.91 Å². The molecule has 1 aliphatic heterocycles. The second-order valence-corrected chi connectivity index (χ2v) is 6.69. The van der Waals surface area contributed by atoms with Crippen molar-refractivity contribution in [2.75, 3.05) is 26.7 Å². The number of carbonyl (C=O) groups excluding carboxylic acids is 1. The Kier molecular flexibility index (Phi) is 6.06. The number of halogens is 2. The van der Waals surface area contributed by atoms with Crippen LogP contribution in [0.15, 0.2) is 36.4 Å².